The monoisotopic (exact) mass is 406 g/mol. The lowest BCUT2D eigenvalue weighted by Crippen LogP contribution is -2.58. The summed E-state index contributed by atoms with van der Waals surface area (Å²) in [6.07, 6.45) is -6.31. The minimum absolute atomic E-state index is 0.413. The first-order valence-electron chi connectivity index (χ1n) is 9.64. The first kappa shape index (κ1) is 21.5. The highest BCUT2D eigenvalue weighted by Gasteiger charge is 2.46. The van der Waals surface area contributed by atoms with E-state index in [-0.39, 0.29) is 0 Å². The van der Waals surface area contributed by atoms with Crippen LogP contribution in [0, 0.1) is 0 Å². The van der Waals surface area contributed by atoms with Gasteiger partial charge in [-0.2, -0.15) is 0 Å². The summed E-state index contributed by atoms with van der Waals surface area (Å²) >= 11 is 0. The number of alkyl halides is 1. The molecule has 158 valence electrons. The van der Waals surface area contributed by atoms with Crippen LogP contribution in [-0.2, 0) is 17.6 Å². The molecule has 5 unspecified atom stereocenters. The minimum Gasteiger partial charge on any atom is -0.497 e. The van der Waals surface area contributed by atoms with Crippen molar-refractivity contribution in [2.24, 2.45) is 0 Å². The minimum atomic E-state index is -1.90. The smallest absolute Gasteiger partial charge is 0.229 e. The molecule has 2 aromatic carbocycles. The number of hydrogen-bond donors (Lipinski definition) is 3. The van der Waals surface area contributed by atoms with Gasteiger partial charge in [0, 0.05) is 12.0 Å². The van der Waals surface area contributed by atoms with E-state index in [1.54, 1.807) is 19.2 Å². The van der Waals surface area contributed by atoms with Gasteiger partial charge in [0.25, 0.3) is 0 Å². The Balaban J connectivity index is 1.84. The quantitative estimate of drug-likeness (QED) is 0.652. The third-order valence-corrected chi connectivity index (χ3v) is 5.14. The predicted molar refractivity (Wildman–Crippen MR) is 105 cm³/mol. The molecule has 1 heterocycles. The zero-order valence-corrected chi connectivity index (χ0v) is 16.5. The van der Waals surface area contributed by atoms with Gasteiger partial charge in [-0.05, 0) is 35.7 Å². The van der Waals surface area contributed by atoms with Crippen LogP contribution in [0.3, 0.4) is 0 Å². The normalized spacial score (nSPS) is 26.9. The predicted octanol–water partition coefficient (Wildman–Crippen LogP) is 2.00. The van der Waals surface area contributed by atoms with E-state index in [1.165, 1.54) is 5.56 Å². The molecule has 2 aromatic rings. The molecular weight excluding hydrogens is 379 g/mol. The van der Waals surface area contributed by atoms with Gasteiger partial charge in [0.1, 0.15) is 29.8 Å². The van der Waals surface area contributed by atoms with Crippen molar-refractivity contribution in [2.75, 3.05) is 13.7 Å². The molecular formula is C22H27FO6. The van der Waals surface area contributed by atoms with Crippen molar-refractivity contribution in [2.45, 2.75) is 50.5 Å². The second kappa shape index (κ2) is 9.54. The van der Waals surface area contributed by atoms with Crippen molar-refractivity contribution in [3.05, 3.63) is 59.2 Å². The number of aliphatic hydroxyl groups excluding tert-OH is 3. The number of halogens is 1. The molecule has 0 aromatic heterocycles. The Labute approximate surface area is 169 Å². The van der Waals surface area contributed by atoms with Crippen molar-refractivity contribution in [1.82, 2.24) is 0 Å². The number of ether oxygens (including phenoxy) is 3. The number of aliphatic hydroxyl groups is 3. The zero-order valence-electron chi connectivity index (χ0n) is 16.5. The van der Waals surface area contributed by atoms with E-state index in [4.69, 9.17) is 14.2 Å². The SMILES string of the molecule is CCc1ccc(Cc2cc(OC)ccc2OC2OC(CO)C(F)C(O)C2O)cc1. The summed E-state index contributed by atoms with van der Waals surface area (Å²) in [6, 6.07) is 13.4. The first-order valence-corrected chi connectivity index (χ1v) is 9.64. The fourth-order valence-electron chi connectivity index (χ4n) is 3.31. The van der Waals surface area contributed by atoms with Crippen LogP contribution in [0.4, 0.5) is 4.39 Å². The molecule has 5 atom stereocenters. The Morgan fingerprint density at radius 3 is 2.34 bits per heavy atom. The fraction of sp³-hybridized carbons (Fsp3) is 0.455. The molecule has 3 rings (SSSR count). The van der Waals surface area contributed by atoms with E-state index >= 15 is 0 Å². The van der Waals surface area contributed by atoms with Gasteiger partial charge in [-0.1, -0.05) is 31.2 Å². The summed E-state index contributed by atoms with van der Waals surface area (Å²) in [4.78, 5) is 0. The van der Waals surface area contributed by atoms with Crippen molar-refractivity contribution >= 4 is 0 Å². The molecule has 6 nitrogen and oxygen atoms in total. The van der Waals surface area contributed by atoms with Crippen LogP contribution in [-0.4, -0.2) is 59.8 Å². The molecule has 1 aliphatic rings. The largest absolute Gasteiger partial charge is 0.497 e. The molecule has 1 saturated heterocycles. The van der Waals surface area contributed by atoms with Crippen LogP contribution >= 0.6 is 0 Å². The van der Waals surface area contributed by atoms with Gasteiger partial charge >= 0.3 is 0 Å². The van der Waals surface area contributed by atoms with E-state index in [9.17, 15) is 19.7 Å². The third-order valence-electron chi connectivity index (χ3n) is 5.14. The van der Waals surface area contributed by atoms with Crippen LogP contribution < -0.4 is 9.47 Å². The molecule has 0 bridgehead atoms. The van der Waals surface area contributed by atoms with Crippen molar-refractivity contribution in [3.63, 3.8) is 0 Å². The average Bonchev–Trinajstić information content (AvgIpc) is 2.75. The highest BCUT2D eigenvalue weighted by Crippen LogP contribution is 2.31. The number of rotatable bonds is 7. The van der Waals surface area contributed by atoms with E-state index in [0.717, 1.165) is 17.5 Å². The lowest BCUT2D eigenvalue weighted by atomic mass is 10.00. The van der Waals surface area contributed by atoms with Crippen molar-refractivity contribution < 1.29 is 33.9 Å². The highest BCUT2D eigenvalue weighted by molar-refractivity contribution is 5.43. The van der Waals surface area contributed by atoms with E-state index in [0.29, 0.717) is 17.9 Å². The van der Waals surface area contributed by atoms with Crippen LogP contribution in [0.25, 0.3) is 0 Å². The average molecular weight is 406 g/mol. The topological polar surface area (TPSA) is 88.4 Å². The first-order chi connectivity index (χ1) is 14.0. The Bertz CT molecular complexity index is 794. The summed E-state index contributed by atoms with van der Waals surface area (Å²) in [5.74, 6) is 1.05. The summed E-state index contributed by atoms with van der Waals surface area (Å²) in [7, 11) is 1.56. The van der Waals surface area contributed by atoms with Crippen LogP contribution in [0.15, 0.2) is 42.5 Å². The number of aryl methyl sites for hydroxylation is 1. The lowest BCUT2D eigenvalue weighted by Gasteiger charge is -2.38. The Morgan fingerprint density at radius 2 is 1.72 bits per heavy atom. The molecule has 0 amide bonds. The van der Waals surface area contributed by atoms with Gasteiger partial charge in [0.05, 0.1) is 13.7 Å². The lowest BCUT2D eigenvalue weighted by molar-refractivity contribution is -0.265. The van der Waals surface area contributed by atoms with Gasteiger partial charge in [-0.15, -0.1) is 0 Å². The Morgan fingerprint density at radius 1 is 1.03 bits per heavy atom. The van der Waals surface area contributed by atoms with Gasteiger partial charge in [-0.3, -0.25) is 0 Å². The molecule has 0 saturated carbocycles. The molecule has 1 aliphatic heterocycles. The van der Waals surface area contributed by atoms with Crippen LogP contribution in [0.2, 0.25) is 0 Å². The molecule has 0 spiro atoms. The van der Waals surface area contributed by atoms with Crippen molar-refractivity contribution in [3.8, 4) is 11.5 Å². The van der Waals surface area contributed by atoms with E-state index in [1.807, 2.05) is 18.2 Å². The second-order valence-corrected chi connectivity index (χ2v) is 7.09. The maximum absolute atomic E-state index is 14.0. The van der Waals surface area contributed by atoms with Crippen molar-refractivity contribution in [1.29, 1.82) is 0 Å². The summed E-state index contributed by atoms with van der Waals surface area (Å²) in [6.45, 7) is 1.46. The maximum atomic E-state index is 14.0. The zero-order chi connectivity index (χ0) is 21.0. The molecule has 7 heteroatoms. The number of methoxy groups -OCH3 is 1. The van der Waals surface area contributed by atoms with Gasteiger partial charge in [0.2, 0.25) is 6.29 Å². The van der Waals surface area contributed by atoms with Crippen LogP contribution in [0.1, 0.15) is 23.6 Å². The summed E-state index contributed by atoms with van der Waals surface area (Å²) in [5.41, 5.74) is 3.07. The molecule has 3 N–H and O–H groups in total. The van der Waals surface area contributed by atoms with Gasteiger partial charge in [-0.25, -0.2) is 4.39 Å². The molecule has 29 heavy (non-hydrogen) atoms. The number of benzene rings is 2. The Hall–Kier alpha value is -2.19. The fourth-order valence-corrected chi connectivity index (χ4v) is 3.31. The summed E-state index contributed by atoms with van der Waals surface area (Å²) in [5, 5.41) is 29.4. The number of hydrogen-bond acceptors (Lipinski definition) is 6. The molecule has 0 aliphatic carbocycles. The third kappa shape index (κ3) is 4.87. The molecule has 0 radical (unpaired) electrons. The molecule has 1 fully saturated rings. The second-order valence-electron chi connectivity index (χ2n) is 7.09. The standard InChI is InChI=1S/C22H27FO6/c1-3-13-4-6-14(7-5-13)10-15-11-16(27-2)8-9-17(15)28-22-21(26)20(25)19(23)18(12-24)29-22/h4-9,11,18-22,24-26H,3,10,12H2,1-2H3. The van der Waals surface area contributed by atoms with E-state index < -0.39 is 37.4 Å². The maximum Gasteiger partial charge on any atom is 0.229 e. The van der Waals surface area contributed by atoms with Crippen LogP contribution in [0.5, 0.6) is 11.5 Å². The Kier molecular flexibility index (Phi) is 7.08. The van der Waals surface area contributed by atoms with Gasteiger partial charge < -0.3 is 29.5 Å². The van der Waals surface area contributed by atoms with Gasteiger partial charge in [0.15, 0.2) is 6.17 Å². The van der Waals surface area contributed by atoms with E-state index in [2.05, 4.69) is 19.1 Å². The highest BCUT2D eigenvalue weighted by atomic mass is 19.1. The summed E-state index contributed by atoms with van der Waals surface area (Å²) < 4.78 is 30.4.